The van der Waals surface area contributed by atoms with Crippen LogP contribution >= 0.6 is 0 Å². The molecule has 40 heavy (non-hydrogen) atoms. The molecule has 0 amide bonds. The largest absolute Gasteiger partial charge is 0.439 e. The molecule has 3 fully saturated rings. The van der Waals surface area contributed by atoms with Gasteiger partial charge in [0.05, 0.1) is 12.7 Å². The number of rotatable bonds is 9. The van der Waals surface area contributed by atoms with Gasteiger partial charge in [0, 0.05) is 40.9 Å². The van der Waals surface area contributed by atoms with Gasteiger partial charge in [-0.2, -0.15) is 8.78 Å². The molecule has 2 aliphatic heterocycles. The zero-order valence-electron chi connectivity index (χ0n) is 21.5. The molecule has 1 aliphatic carbocycles. The molecule has 0 radical (unpaired) electrons. The summed E-state index contributed by atoms with van der Waals surface area (Å²) in [6, 6.07) is 11.0. The Bertz CT molecular complexity index is 1530. The zero-order chi connectivity index (χ0) is 27.2. The van der Waals surface area contributed by atoms with Crippen molar-refractivity contribution in [2.75, 3.05) is 4.90 Å². The van der Waals surface area contributed by atoms with Crippen LogP contribution in [-0.2, 0) is 11.3 Å². The van der Waals surface area contributed by atoms with E-state index >= 15 is 0 Å². The number of nitrogens with one attached hydrogen (secondary N) is 1. The third-order valence-corrected chi connectivity index (χ3v) is 8.00. The van der Waals surface area contributed by atoms with Crippen molar-refractivity contribution >= 4 is 5.82 Å². The molecule has 12 heteroatoms. The number of anilines is 1. The Morgan fingerprint density at radius 3 is 2.50 bits per heavy atom. The number of hydrogen-bond donors (Lipinski definition) is 1. The Kier molecular flexibility index (Phi) is 6.34. The van der Waals surface area contributed by atoms with E-state index in [9.17, 15) is 13.6 Å². The number of fused-ring (bicyclic) bond motifs is 2. The quantitative estimate of drug-likeness (QED) is 0.296. The van der Waals surface area contributed by atoms with Crippen molar-refractivity contribution in [3.05, 3.63) is 64.5 Å². The summed E-state index contributed by atoms with van der Waals surface area (Å²) in [5.41, 5.74) is 2.45. The second-order valence-corrected chi connectivity index (χ2v) is 10.6. The molecule has 4 aromatic rings. The number of aromatic amines is 1. The maximum absolute atomic E-state index is 13.1. The monoisotopic (exact) mass is 551 g/mol. The lowest BCUT2D eigenvalue weighted by Gasteiger charge is -2.39. The van der Waals surface area contributed by atoms with Gasteiger partial charge in [0.2, 0.25) is 0 Å². The maximum atomic E-state index is 13.1. The van der Waals surface area contributed by atoms with Gasteiger partial charge >= 0.3 is 12.4 Å². The molecule has 10 nitrogen and oxygen atoms in total. The zero-order valence-corrected chi connectivity index (χ0v) is 21.5. The van der Waals surface area contributed by atoms with E-state index in [-0.39, 0.29) is 17.8 Å². The molecule has 3 aliphatic rings. The number of pyridine rings is 1. The fourth-order valence-corrected chi connectivity index (χ4v) is 6.07. The number of H-pyrrole nitrogens is 1. The Morgan fingerprint density at radius 1 is 1.02 bits per heavy atom. The first-order valence-electron chi connectivity index (χ1n) is 13.5. The molecule has 0 unspecified atom stereocenters. The summed E-state index contributed by atoms with van der Waals surface area (Å²) >= 11 is 0. The second kappa shape index (κ2) is 10.2. The number of aromatic nitrogens is 4. The molecule has 1 aromatic carbocycles. The number of benzene rings is 1. The highest BCUT2D eigenvalue weighted by molar-refractivity contribution is 5.70. The molecule has 1 saturated carbocycles. The highest BCUT2D eigenvalue weighted by atomic mass is 19.3. The highest BCUT2D eigenvalue weighted by Crippen LogP contribution is 2.46. The van der Waals surface area contributed by atoms with Crippen molar-refractivity contribution in [2.24, 2.45) is 0 Å². The fourth-order valence-electron chi connectivity index (χ4n) is 6.07. The van der Waals surface area contributed by atoms with Gasteiger partial charge in [-0.3, -0.25) is 9.51 Å². The normalized spacial score (nSPS) is 22.3. The van der Waals surface area contributed by atoms with Crippen LogP contribution in [0.25, 0.3) is 22.6 Å². The topological polar surface area (TPSA) is 120 Å². The number of hydrogen-bond acceptors (Lipinski definition) is 9. The van der Waals surface area contributed by atoms with Gasteiger partial charge in [-0.25, -0.2) is 9.78 Å². The van der Waals surface area contributed by atoms with E-state index in [1.807, 2.05) is 12.1 Å². The molecule has 7 rings (SSSR count). The standard InChI is InChI=1S/C28H27F2N5O5/c29-27(30)38-22-4-2-1-3-20(22)24-21(25(39-33-24)15-5-6-15)14-37-19-11-17-8-9-18(12-19)35(17)23-10-7-16(13-31-23)26-32-28(36)40-34-26/h1-4,7,10,13,15,17-19,27H,5-6,8-9,11-12,14H2,(H,32,34,36)/t17-,18+,19+. The van der Waals surface area contributed by atoms with Crippen LogP contribution in [0.15, 0.2) is 56.4 Å². The fraction of sp³-hybridized carbons (Fsp3) is 0.429. The van der Waals surface area contributed by atoms with Gasteiger partial charge in [-0.1, -0.05) is 22.4 Å². The number of halogens is 2. The molecule has 3 atom stereocenters. The first kappa shape index (κ1) is 24.9. The van der Waals surface area contributed by atoms with Crippen molar-refractivity contribution in [2.45, 2.75) is 75.8 Å². The van der Waals surface area contributed by atoms with E-state index < -0.39 is 12.4 Å². The SMILES string of the molecule is O=c1[nH]c(-c2ccc(N3[C@@H]4CC[C@H]3C[C@@H](OCc3c(-c5ccccc5OC(F)F)noc3C3CC3)C4)nc2)no1. The van der Waals surface area contributed by atoms with Crippen molar-refractivity contribution in [1.29, 1.82) is 0 Å². The van der Waals surface area contributed by atoms with E-state index in [0.717, 1.165) is 55.7 Å². The van der Waals surface area contributed by atoms with E-state index in [2.05, 4.69) is 29.7 Å². The Morgan fingerprint density at radius 2 is 1.82 bits per heavy atom. The van der Waals surface area contributed by atoms with Gasteiger partial charge in [0.25, 0.3) is 0 Å². The molecule has 0 spiro atoms. The lowest BCUT2D eigenvalue weighted by atomic mass is 9.99. The number of ether oxygens (including phenoxy) is 2. The average molecular weight is 552 g/mol. The van der Waals surface area contributed by atoms with Crippen LogP contribution in [0.3, 0.4) is 0 Å². The molecular formula is C28H27F2N5O5. The van der Waals surface area contributed by atoms with Crippen molar-refractivity contribution < 1.29 is 27.3 Å². The summed E-state index contributed by atoms with van der Waals surface area (Å²) in [7, 11) is 0. The summed E-state index contributed by atoms with van der Waals surface area (Å²) in [6.07, 6.45) is 7.55. The number of para-hydroxylation sites is 1. The lowest BCUT2D eigenvalue weighted by Crippen LogP contribution is -2.46. The van der Waals surface area contributed by atoms with Crippen LogP contribution < -0.4 is 15.4 Å². The predicted octanol–water partition coefficient (Wildman–Crippen LogP) is 5.28. The van der Waals surface area contributed by atoms with Crippen LogP contribution in [0.4, 0.5) is 14.6 Å². The predicted molar refractivity (Wildman–Crippen MR) is 138 cm³/mol. The van der Waals surface area contributed by atoms with E-state index in [0.29, 0.717) is 41.3 Å². The molecule has 3 aromatic heterocycles. The molecule has 5 heterocycles. The van der Waals surface area contributed by atoms with Crippen molar-refractivity contribution in [3.63, 3.8) is 0 Å². The first-order chi connectivity index (χ1) is 19.5. The van der Waals surface area contributed by atoms with Gasteiger partial charge in [-0.05, 0) is 62.8 Å². The highest BCUT2D eigenvalue weighted by Gasteiger charge is 2.42. The second-order valence-electron chi connectivity index (χ2n) is 10.6. The summed E-state index contributed by atoms with van der Waals surface area (Å²) in [5.74, 6) is 1.75. The van der Waals surface area contributed by atoms with Crippen LogP contribution in [0.1, 0.15) is 55.8 Å². The third-order valence-electron chi connectivity index (χ3n) is 8.00. The number of piperidine rings is 1. The molecule has 1 N–H and O–H groups in total. The van der Waals surface area contributed by atoms with Crippen molar-refractivity contribution in [1.82, 2.24) is 20.3 Å². The first-order valence-corrected chi connectivity index (χ1v) is 13.5. The van der Waals surface area contributed by atoms with Crippen LogP contribution in [-0.4, -0.2) is 45.1 Å². The van der Waals surface area contributed by atoms with Gasteiger partial charge in [0.1, 0.15) is 23.0 Å². The van der Waals surface area contributed by atoms with Gasteiger partial charge in [-0.15, -0.1) is 0 Å². The average Bonchev–Trinajstić information content (AvgIpc) is 3.47. The van der Waals surface area contributed by atoms with E-state index in [4.69, 9.17) is 14.0 Å². The van der Waals surface area contributed by atoms with E-state index in [1.54, 1.807) is 24.4 Å². The molecule has 2 saturated heterocycles. The minimum Gasteiger partial charge on any atom is -0.434 e. The molecule has 2 bridgehead atoms. The van der Waals surface area contributed by atoms with E-state index in [1.165, 1.54) is 6.07 Å². The Hall–Kier alpha value is -4.06. The van der Waals surface area contributed by atoms with Crippen LogP contribution in [0.5, 0.6) is 5.75 Å². The lowest BCUT2D eigenvalue weighted by molar-refractivity contribution is -0.0494. The molecule has 208 valence electrons. The summed E-state index contributed by atoms with van der Waals surface area (Å²) < 4.78 is 47.7. The van der Waals surface area contributed by atoms with Crippen LogP contribution in [0.2, 0.25) is 0 Å². The van der Waals surface area contributed by atoms with Crippen LogP contribution in [0, 0.1) is 0 Å². The maximum Gasteiger partial charge on any atom is 0.439 e. The summed E-state index contributed by atoms with van der Waals surface area (Å²) in [4.78, 5) is 20.8. The molecular weight excluding hydrogens is 524 g/mol. The van der Waals surface area contributed by atoms with Crippen molar-refractivity contribution in [3.8, 4) is 28.4 Å². The number of alkyl halides is 2. The Balaban J connectivity index is 1.07. The summed E-state index contributed by atoms with van der Waals surface area (Å²) in [5, 5.41) is 8.00. The smallest absolute Gasteiger partial charge is 0.434 e. The Labute approximate surface area is 227 Å². The van der Waals surface area contributed by atoms with Gasteiger partial charge < -0.3 is 18.9 Å². The third kappa shape index (κ3) is 4.76. The van der Waals surface area contributed by atoms with Gasteiger partial charge in [0.15, 0.2) is 5.82 Å². The summed E-state index contributed by atoms with van der Waals surface area (Å²) in [6.45, 7) is -2.64. The number of nitrogens with zero attached hydrogens (tertiary/aromatic N) is 4. The minimum absolute atomic E-state index is 0.0376. The minimum atomic E-state index is -2.94.